The highest BCUT2D eigenvalue weighted by atomic mass is 32.2. The number of carbonyl (C=O) groups excluding carboxylic acids is 2. The van der Waals surface area contributed by atoms with E-state index in [0.29, 0.717) is 5.56 Å². The summed E-state index contributed by atoms with van der Waals surface area (Å²) in [6.45, 7) is 1.38. The average Bonchev–Trinajstić information content (AvgIpc) is 2.19. The van der Waals surface area contributed by atoms with Crippen molar-refractivity contribution < 1.29 is 18.0 Å². The van der Waals surface area contributed by atoms with Crippen LogP contribution in [0.5, 0.6) is 0 Å². The molecular weight excluding hydrogens is 246 g/mol. The first-order valence-electron chi connectivity index (χ1n) is 4.42. The Bertz CT molecular complexity index is 599. The van der Waals surface area contributed by atoms with Gasteiger partial charge in [-0.05, 0) is 25.1 Å². The molecule has 0 spiro atoms. The number of ketones is 1. The predicted molar refractivity (Wildman–Crippen MR) is 61.2 cm³/mol. The number of benzene rings is 1. The molecule has 0 aromatic heterocycles. The molecule has 0 aliphatic heterocycles. The fourth-order valence-corrected chi connectivity index (χ4v) is 1.28. The molecule has 17 heavy (non-hydrogen) atoms. The van der Waals surface area contributed by atoms with Gasteiger partial charge in [-0.3, -0.25) is 4.79 Å². The Kier molecular flexibility index (Phi) is 3.94. The molecule has 0 atom stereocenters. The molecule has 0 heterocycles. The summed E-state index contributed by atoms with van der Waals surface area (Å²) in [5, 5.41) is 2.17. The van der Waals surface area contributed by atoms with Gasteiger partial charge in [-0.15, -0.1) is 0 Å². The number of amides is 2. The molecule has 0 aliphatic carbocycles. The largest absolute Gasteiger partial charge is 0.397 e. The Morgan fingerprint density at radius 2 is 2.00 bits per heavy atom. The molecule has 1 rings (SSSR count). The van der Waals surface area contributed by atoms with Gasteiger partial charge in [0, 0.05) is 5.56 Å². The molecular formula is C9H9N3O4S. The number of nitrogens with one attached hydrogen (secondary N) is 1. The zero-order chi connectivity index (χ0) is 13.0. The van der Waals surface area contributed by atoms with Gasteiger partial charge in [0.2, 0.25) is 0 Å². The van der Waals surface area contributed by atoms with Crippen LogP contribution in [0.1, 0.15) is 17.3 Å². The SMILES string of the molecule is CC(=O)c1ccc(NC(=O)N=S(=O)=O)c(N)c1. The molecule has 0 fully saturated rings. The molecule has 1 aromatic rings. The van der Waals surface area contributed by atoms with Crippen molar-refractivity contribution in [1.29, 1.82) is 0 Å². The van der Waals surface area contributed by atoms with Crippen LogP contribution in [0.2, 0.25) is 0 Å². The topological polar surface area (TPSA) is 119 Å². The summed E-state index contributed by atoms with van der Waals surface area (Å²) >= 11 is 0. The maximum absolute atomic E-state index is 11.0. The first kappa shape index (κ1) is 12.8. The van der Waals surface area contributed by atoms with E-state index in [2.05, 4.69) is 9.68 Å². The smallest absolute Gasteiger partial charge is 0.360 e. The van der Waals surface area contributed by atoms with Gasteiger partial charge < -0.3 is 11.1 Å². The Balaban J connectivity index is 2.98. The Hall–Kier alpha value is -2.22. The number of rotatable bonds is 2. The zero-order valence-electron chi connectivity index (χ0n) is 8.80. The normalized spacial score (nSPS) is 9.47. The third-order valence-electron chi connectivity index (χ3n) is 1.86. The van der Waals surface area contributed by atoms with E-state index in [1.165, 1.54) is 25.1 Å². The van der Waals surface area contributed by atoms with Crippen LogP contribution in [0.15, 0.2) is 22.6 Å². The number of nitrogens with zero attached hydrogens (tertiary/aromatic N) is 1. The Morgan fingerprint density at radius 3 is 2.47 bits per heavy atom. The van der Waals surface area contributed by atoms with Crippen molar-refractivity contribution in [2.75, 3.05) is 11.1 Å². The molecule has 3 N–H and O–H groups in total. The molecule has 2 amide bonds. The lowest BCUT2D eigenvalue weighted by Gasteiger charge is -2.06. The van der Waals surface area contributed by atoms with Crippen molar-refractivity contribution in [2.24, 2.45) is 4.36 Å². The van der Waals surface area contributed by atoms with E-state index >= 15 is 0 Å². The third kappa shape index (κ3) is 3.68. The van der Waals surface area contributed by atoms with Crippen molar-refractivity contribution in [3.05, 3.63) is 23.8 Å². The third-order valence-corrected chi connectivity index (χ3v) is 2.17. The maximum atomic E-state index is 11.0. The van der Waals surface area contributed by atoms with Crippen LogP contribution in [0.4, 0.5) is 16.2 Å². The second kappa shape index (κ2) is 5.21. The van der Waals surface area contributed by atoms with E-state index in [1.54, 1.807) is 0 Å². The molecule has 0 saturated carbocycles. The first-order chi connectivity index (χ1) is 7.90. The highest BCUT2D eigenvalue weighted by Gasteiger charge is 2.07. The van der Waals surface area contributed by atoms with E-state index in [-0.39, 0.29) is 17.2 Å². The van der Waals surface area contributed by atoms with E-state index in [4.69, 9.17) is 5.73 Å². The van der Waals surface area contributed by atoms with Gasteiger partial charge in [0.1, 0.15) is 0 Å². The van der Waals surface area contributed by atoms with Crippen molar-refractivity contribution in [1.82, 2.24) is 0 Å². The zero-order valence-corrected chi connectivity index (χ0v) is 9.61. The summed E-state index contributed by atoms with van der Waals surface area (Å²) in [5.41, 5.74) is 6.31. The van der Waals surface area contributed by atoms with Gasteiger partial charge in [-0.25, -0.2) is 4.79 Å². The molecule has 0 radical (unpaired) electrons. The number of nitrogen functional groups attached to an aromatic ring is 1. The molecule has 0 bridgehead atoms. The van der Waals surface area contributed by atoms with Gasteiger partial charge >= 0.3 is 16.5 Å². The highest BCUT2D eigenvalue weighted by Crippen LogP contribution is 2.20. The molecule has 1 aromatic carbocycles. The standard InChI is InChI=1S/C9H9N3O4S/c1-5(13)6-2-3-8(7(10)4-6)11-9(14)12-17(15)16/h2-4H,10H2,1H3,(H,11,14). The Labute approximate surface area is 98.3 Å². The van der Waals surface area contributed by atoms with Crippen LogP contribution in [0.3, 0.4) is 0 Å². The second-order valence-corrected chi connectivity index (χ2v) is 3.71. The summed E-state index contributed by atoms with van der Waals surface area (Å²) in [7, 11) is -2.82. The van der Waals surface area contributed by atoms with Crippen LogP contribution in [0.25, 0.3) is 0 Å². The van der Waals surface area contributed by atoms with E-state index in [9.17, 15) is 18.0 Å². The summed E-state index contributed by atoms with van der Waals surface area (Å²) in [4.78, 5) is 22.0. The van der Waals surface area contributed by atoms with E-state index < -0.39 is 16.5 Å². The lowest BCUT2D eigenvalue weighted by molar-refractivity contribution is 0.101. The molecule has 0 aliphatic rings. The summed E-state index contributed by atoms with van der Waals surface area (Å²) in [6.07, 6.45) is 0. The van der Waals surface area contributed by atoms with Crippen LogP contribution in [0, 0.1) is 0 Å². The summed E-state index contributed by atoms with van der Waals surface area (Å²) in [5.74, 6) is -0.167. The quantitative estimate of drug-likeness (QED) is 0.605. The van der Waals surface area contributed by atoms with Crippen LogP contribution < -0.4 is 11.1 Å². The monoisotopic (exact) mass is 255 g/mol. The minimum Gasteiger partial charge on any atom is -0.397 e. The van der Waals surface area contributed by atoms with Crippen LogP contribution >= 0.6 is 0 Å². The fraction of sp³-hybridized carbons (Fsp3) is 0.111. The van der Waals surface area contributed by atoms with Gasteiger partial charge in [-0.1, -0.05) is 4.36 Å². The van der Waals surface area contributed by atoms with Gasteiger partial charge in [-0.2, -0.15) is 8.42 Å². The van der Waals surface area contributed by atoms with Crippen molar-refractivity contribution in [3.63, 3.8) is 0 Å². The molecule has 8 heteroatoms. The number of carbonyl (C=O) groups is 2. The minimum atomic E-state index is -2.82. The molecule has 90 valence electrons. The number of hydrogen-bond acceptors (Lipinski definition) is 5. The summed E-state index contributed by atoms with van der Waals surface area (Å²) < 4.78 is 23.0. The number of anilines is 2. The molecule has 7 nitrogen and oxygen atoms in total. The number of Topliss-reactive ketones (excluding diaryl/α,β-unsaturated/α-hetero) is 1. The number of hydrogen-bond donors (Lipinski definition) is 2. The lowest BCUT2D eigenvalue weighted by Crippen LogP contribution is -2.08. The van der Waals surface area contributed by atoms with Crippen LogP contribution in [-0.2, 0) is 10.5 Å². The minimum absolute atomic E-state index is 0.151. The molecule has 0 unspecified atom stereocenters. The second-order valence-electron chi connectivity index (χ2n) is 3.10. The van der Waals surface area contributed by atoms with Crippen LogP contribution in [-0.4, -0.2) is 20.2 Å². The van der Waals surface area contributed by atoms with Crippen molar-refractivity contribution in [2.45, 2.75) is 6.92 Å². The maximum Gasteiger partial charge on any atom is 0.360 e. The first-order valence-corrected chi connectivity index (χ1v) is 5.46. The van der Waals surface area contributed by atoms with Gasteiger partial charge in [0.05, 0.1) is 11.4 Å². The van der Waals surface area contributed by atoms with E-state index in [0.717, 1.165) is 0 Å². The lowest BCUT2D eigenvalue weighted by atomic mass is 10.1. The summed E-state index contributed by atoms with van der Waals surface area (Å²) in [6, 6.07) is 3.18. The van der Waals surface area contributed by atoms with Crippen molar-refractivity contribution >= 4 is 33.7 Å². The van der Waals surface area contributed by atoms with Gasteiger partial charge in [0.15, 0.2) is 5.78 Å². The fourth-order valence-electron chi connectivity index (χ4n) is 1.10. The van der Waals surface area contributed by atoms with Gasteiger partial charge in [0.25, 0.3) is 0 Å². The van der Waals surface area contributed by atoms with Crippen molar-refractivity contribution in [3.8, 4) is 0 Å². The number of urea groups is 1. The highest BCUT2D eigenvalue weighted by molar-refractivity contribution is 7.62. The van der Waals surface area contributed by atoms with E-state index in [1.807, 2.05) is 0 Å². The average molecular weight is 255 g/mol. The Morgan fingerprint density at radius 1 is 1.35 bits per heavy atom. The number of nitrogens with two attached hydrogens (primary N) is 1. The predicted octanol–water partition coefficient (Wildman–Crippen LogP) is 1.07. The molecule has 0 saturated heterocycles.